The zero-order valence-corrected chi connectivity index (χ0v) is 9.88. The maximum Gasteiger partial charge on any atom is 0.207 e. The molecule has 2 heteroatoms. The van der Waals surface area contributed by atoms with Crippen molar-refractivity contribution in [3.63, 3.8) is 0 Å². The number of hydrogen-bond acceptors (Lipinski definition) is 2. The molecular formula is C13H21NO. The van der Waals surface area contributed by atoms with Gasteiger partial charge in [-0.1, -0.05) is 26.2 Å². The highest BCUT2D eigenvalue weighted by Gasteiger charge is 2.08. The van der Waals surface area contributed by atoms with Crippen molar-refractivity contribution in [2.24, 2.45) is 5.92 Å². The van der Waals surface area contributed by atoms with Gasteiger partial charge in [0.15, 0.2) is 0 Å². The highest BCUT2D eigenvalue weighted by molar-refractivity contribution is 5.96. The molecule has 1 heterocycles. The monoisotopic (exact) mass is 207 g/mol. The minimum absolute atomic E-state index is 0.0486. The van der Waals surface area contributed by atoms with E-state index in [-0.39, 0.29) is 11.7 Å². The van der Waals surface area contributed by atoms with Gasteiger partial charge in [-0.25, -0.2) is 0 Å². The first-order valence-electron chi connectivity index (χ1n) is 5.95. The Labute approximate surface area is 93.0 Å². The highest BCUT2D eigenvalue weighted by atomic mass is 16.1. The van der Waals surface area contributed by atoms with E-state index in [1.165, 1.54) is 32.4 Å². The van der Waals surface area contributed by atoms with E-state index in [0.29, 0.717) is 0 Å². The van der Waals surface area contributed by atoms with Crippen molar-refractivity contribution in [3.8, 4) is 11.8 Å². The topological polar surface area (TPSA) is 20.3 Å². The summed E-state index contributed by atoms with van der Waals surface area (Å²) in [5.41, 5.74) is 0. The van der Waals surface area contributed by atoms with Gasteiger partial charge in [0.1, 0.15) is 0 Å². The first kappa shape index (κ1) is 12.3. The van der Waals surface area contributed by atoms with Gasteiger partial charge in [0.05, 0.1) is 0 Å². The summed E-state index contributed by atoms with van der Waals surface area (Å²) in [6.07, 6.45) is 4.84. The number of nitrogens with zero attached hydrogens (tertiary/aromatic N) is 1. The number of carbonyl (C=O) groups is 1. The number of ketones is 1. The van der Waals surface area contributed by atoms with Crippen LogP contribution in [-0.4, -0.2) is 30.3 Å². The lowest BCUT2D eigenvalue weighted by Crippen LogP contribution is -2.30. The van der Waals surface area contributed by atoms with Gasteiger partial charge in [-0.05, 0) is 31.9 Å². The number of piperidine rings is 1. The predicted molar refractivity (Wildman–Crippen MR) is 62.5 cm³/mol. The average molecular weight is 207 g/mol. The van der Waals surface area contributed by atoms with Crippen LogP contribution in [0.5, 0.6) is 0 Å². The first-order valence-corrected chi connectivity index (χ1v) is 5.95. The van der Waals surface area contributed by atoms with Crippen LogP contribution in [0.4, 0.5) is 0 Å². The van der Waals surface area contributed by atoms with Crippen molar-refractivity contribution >= 4 is 5.78 Å². The zero-order chi connectivity index (χ0) is 11.1. The summed E-state index contributed by atoms with van der Waals surface area (Å²) >= 11 is 0. The summed E-state index contributed by atoms with van der Waals surface area (Å²) in [4.78, 5) is 13.6. The zero-order valence-electron chi connectivity index (χ0n) is 9.88. The smallest absolute Gasteiger partial charge is 0.207 e. The summed E-state index contributed by atoms with van der Waals surface area (Å²) < 4.78 is 0. The molecule has 0 N–H and O–H groups in total. The second kappa shape index (κ2) is 6.63. The quantitative estimate of drug-likeness (QED) is 0.522. The Bertz CT molecular complexity index is 253. The largest absolute Gasteiger partial charge is 0.302 e. The Hall–Kier alpha value is -0.810. The molecule has 1 saturated heterocycles. The van der Waals surface area contributed by atoms with Crippen molar-refractivity contribution < 1.29 is 4.79 Å². The van der Waals surface area contributed by atoms with E-state index < -0.39 is 0 Å². The minimum Gasteiger partial charge on any atom is -0.302 e. The lowest BCUT2D eigenvalue weighted by Gasteiger charge is -2.25. The van der Waals surface area contributed by atoms with Gasteiger partial charge >= 0.3 is 0 Å². The van der Waals surface area contributed by atoms with E-state index >= 15 is 0 Å². The molecule has 2 nitrogen and oxygen atoms in total. The molecule has 1 fully saturated rings. The van der Waals surface area contributed by atoms with Gasteiger partial charge in [-0.15, -0.1) is 0 Å². The third-order valence-electron chi connectivity index (χ3n) is 2.74. The van der Waals surface area contributed by atoms with E-state index in [1.54, 1.807) is 0 Å². The second-order valence-electron chi connectivity index (χ2n) is 4.47. The summed E-state index contributed by atoms with van der Waals surface area (Å²) in [5, 5.41) is 0. The molecule has 1 aliphatic rings. The van der Waals surface area contributed by atoms with Gasteiger partial charge in [0, 0.05) is 18.9 Å². The second-order valence-corrected chi connectivity index (χ2v) is 4.47. The predicted octanol–water partition coefficient (Wildman–Crippen LogP) is 2.09. The van der Waals surface area contributed by atoms with Crippen LogP contribution in [0.3, 0.4) is 0 Å². The van der Waals surface area contributed by atoms with Gasteiger partial charge in [0.25, 0.3) is 0 Å². The van der Waals surface area contributed by atoms with Gasteiger partial charge in [-0.2, -0.15) is 0 Å². The SMILES string of the molecule is CC(C)C(=O)C#CCCN1CCCCC1. The van der Waals surface area contributed by atoms with Crippen LogP contribution in [0.2, 0.25) is 0 Å². The van der Waals surface area contributed by atoms with Crippen molar-refractivity contribution in [2.75, 3.05) is 19.6 Å². The number of likely N-dealkylation sites (tertiary alicyclic amines) is 1. The molecule has 0 bridgehead atoms. The molecule has 0 amide bonds. The van der Waals surface area contributed by atoms with E-state index in [2.05, 4.69) is 16.7 Å². The van der Waals surface area contributed by atoms with E-state index in [4.69, 9.17) is 0 Å². The van der Waals surface area contributed by atoms with Crippen LogP contribution in [0.25, 0.3) is 0 Å². The van der Waals surface area contributed by atoms with Crippen LogP contribution in [-0.2, 0) is 4.79 Å². The average Bonchev–Trinajstić information content (AvgIpc) is 2.25. The van der Waals surface area contributed by atoms with Crippen LogP contribution in [0, 0.1) is 17.8 Å². The molecule has 0 spiro atoms. The fourth-order valence-corrected chi connectivity index (χ4v) is 1.69. The van der Waals surface area contributed by atoms with E-state index in [0.717, 1.165) is 13.0 Å². The molecule has 0 radical (unpaired) electrons. The summed E-state index contributed by atoms with van der Waals surface area (Å²) in [7, 11) is 0. The maximum absolute atomic E-state index is 11.2. The van der Waals surface area contributed by atoms with E-state index in [9.17, 15) is 4.79 Å². The van der Waals surface area contributed by atoms with Crippen molar-refractivity contribution in [2.45, 2.75) is 39.5 Å². The van der Waals surface area contributed by atoms with Crippen LogP contribution < -0.4 is 0 Å². The molecule has 0 aromatic rings. The summed E-state index contributed by atoms with van der Waals surface area (Å²) in [6.45, 7) is 7.22. The van der Waals surface area contributed by atoms with Crippen LogP contribution in [0.15, 0.2) is 0 Å². The minimum atomic E-state index is 0.0486. The maximum atomic E-state index is 11.2. The third-order valence-corrected chi connectivity index (χ3v) is 2.74. The fourth-order valence-electron chi connectivity index (χ4n) is 1.69. The number of rotatable bonds is 3. The van der Waals surface area contributed by atoms with Gasteiger partial charge in [-0.3, -0.25) is 4.79 Å². The Morgan fingerprint density at radius 2 is 1.93 bits per heavy atom. The van der Waals surface area contributed by atoms with Gasteiger partial charge < -0.3 is 4.90 Å². The molecule has 0 unspecified atom stereocenters. The molecule has 84 valence electrons. The molecule has 0 aromatic heterocycles. The molecule has 1 rings (SSSR count). The molecule has 0 atom stereocenters. The Morgan fingerprint density at radius 1 is 1.27 bits per heavy atom. The van der Waals surface area contributed by atoms with Crippen molar-refractivity contribution in [3.05, 3.63) is 0 Å². The molecule has 0 aliphatic carbocycles. The van der Waals surface area contributed by atoms with Crippen LogP contribution in [0.1, 0.15) is 39.5 Å². The first-order chi connectivity index (χ1) is 7.20. The molecule has 0 saturated carbocycles. The Kier molecular flexibility index (Phi) is 5.42. The summed E-state index contributed by atoms with van der Waals surface area (Å²) in [5.74, 6) is 5.79. The summed E-state index contributed by atoms with van der Waals surface area (Å²) in [6, 6.07) is 0. The lowest BCUT2D eigenvalue weighted by molar-refractivity contribution is -0.116. The van der Waals surface area contributed by atoms with E-state index in [1.807, 2.05) is 13.8 Å². The van der Waals surface area contributed by atoms with Crippen LogP contribution >= 0.6 is 0 Å². The molecule has 0 aromatic carbocycles. The van der Waals surface area contributed by atoms with Gasteiger partial charge in [0.2, 0.25) is 5.78 Å². The Balaban J connectivity index is 2.17. The third kappa shape index (κ3) is 4.99. The fraction of sp³-hybridized carbons (Fsp3) is 0.769. The van der Waals surface area contributed by atoms with Crippen molar-refractivity contribution in [1.82, 2.24) is 4.90 Å². The number of Topliss-reactive ketones (excluding diaryl/α,β-unsaturated/α-hetero) is 1. The lowest BCUT2D eigenvalue weighted by atomic mass is 10.1. The number of carbonyl (C=O) groups excluding carboxylic acids is 1. The highest BCUT2D eigenvalue weighted by Crippen LogP contribution is 2.08. The number of hydrogen-bond donors (Lipinski definition) is 0. The normalized spacial score (nSPS) is 17.3. The molecule has 15 heavy (non-hydrogen) atoms. The molecule has 1 aliphatic heterocycles. The standard InChI is InChI=1S/C13H21NO/c1-12(2)13(15)8-4-7-11-14-9-5-3-6-10-14/h12H,3,5-7,9-11H2,1-2H3. The molecular weight excluding hydrogens is 186 g/mol. The Morgan fingerprint density at radius 3 is 2.53 bits per heavy atom. The van der Waals surface area contributed by atoms with Crippen molar-refractivity contribution in [1.29, 1.82) is 0 Å².